The Kier molecular flexibility index (Phi) is 4.08. The number of ether oxygens (including phenoxy) is 2. The summed E-state index contributed by atoms with van der Waals surface area (Å²) in [4.78, 5) is 0. The third-order valence-corrected chi connectivity index (χ3v) is 3.46. The van der Waals surface area contributed by atoms with Crippen LogP contribution in [0.3, 0.4) is 0 Å². The first-order valence-electron chi connectivity index (χ1n) is 6.09. The molecule has 1 aliphatic heterocycles. The number of hydrogen-bond acceptors (Lipinski definition) is 2. The molecular formula is C14H19ClO2. The minimum atomic E-state index is -0.564. The van der Waals surface area contributed by atoms with E-state index in [1.165, 1.54) is 11.1 Å². The van der Waals surface area contributed by atoms with Crippen LogP contribution in [0.4, 0.5) is 0 Å². The van der Waals surface area contributed by atoms with Gasteiger partial charge < -0.3 is 9.47 Å². The number of halogens is 1. The maximum Gasteiger partial charge on any atom is 0.195 e. The van der Waals surface area contributed by atoms with Crippen LogP contribution < -0.4 is 0 Å². The van der Waals surface area contributed by atoms with Gasteiger partial charge in [-0.3, -0.25) is 0 Å². The number of alkyl halides is 1. The van der Waals surface area contributed by atoms with Crippen molar-refractivity contribution < 1.29 is 9.47 Å². The Morgan fingerprint density at radius 2 is 1.94 bits per heavy atom. The molecule has 2 nitrogen and oxygen atoms in total. The largest absolute Gasteiger partial charge is 0.343 e. The molecule has 1 saturated heterocycles. The van der Waals surface area contributed by atoms with E-state index in [-0.39, 0.29) is 0 Å². The van der Waals surface area contributed by atoms with Gasteiger partial charge in [0.15, 0.2) is 5.79 Å². The highest BCUT2D eigenvalue weighted by molar-refractivity contribution is 6.17. The Morgan fingerprint density at radius 3 is 2.59 bits per heavy atom. The molecule has 1 fully saturated rings. The summed E-state index contributed by atoms with van der Waals surface area (Å²) in [5.41, 5.74) is 3.60. The molecule has 1 aromatic carbocycles. The fourth-order valence-electron chi connectivity index (χ4n) is 2.33. The molecule has 3 heteroatoms. The van der Waals surface area contributed by atoms with Crippen molar-refractivity contribution in [3.8, 4) is 0 Å². The van der Waals surface area contributed by atoms with Gasteiger partial charge in [0, 0.05) is 17.9 Å². The summed E-state index contributed by atoms with van der Waals surface area (Å²) in [7, 11) is 0. The van der Waals surface area contributed by atoms with Crippen LogP contribution in [-0.2, 0) is 15.3 Å². The Bertz CT molecular complexity index is 384. The van der Waals surface area contributed by atoms with E-state index < -0.39 is 5.79 Å². The van der Waals surface area contributed by atoms with Gasteiger partial charge in [0.2, 0.25) is 0 Å². The van der Waals surface area contributed by atoms with Gasteiger partial charge in [-0.1, -0.05) is 23.8 Å². The standard InChI is InChI=1S/C14H19ClO2/c1-11-4-5-12(2)13(10-11)14(6-3-7-15)16-8-9-17-14/h4-5,10H,3,6-9H2,1-2H3. The topological polar surface area (TPSA) is 18.5 Å². The van der Waals surface area contributed by atoms with Crippen LogP contribution in [0, 0.1) is 13.8 Å². The van der Waals surface area contributed by atoms with Crippen molar-refractivity contribution >= 4 is 11.6 Å². The van der Waals surface area contributed by atoms with Crippen molar-refractivity contribution in [3.05, 3.63) is 34.9 Å². The van der Waals surface area contributed by atoms with Gasteiger partial charge >= 0.3 is 0 Å². The Labute approximate surface area is 108 Å². The number of rotatable bonds is 4. The molecule has 1 aliphatic rings. The van der Waals surface area contributed by atoms with E-state index in [1.54, 1.807) is 0 Å². The summed E-state index contributed by atoms with van der Waals surface area (Å²) in [6.45, 7) is 5.51. The second-order valence-electron chi connectivity index (χ2n) is 4.56. The summed E-state index contributed by atoms with van der Waals surface area (Å²) in [5.74, 6) is 0.0737. The van der Waals surface area contributed by atoms with E-state index in [2.05, 4.69) is 32.0 Å². The molecule has 0 bridgehead atoms. The molecule has 0 saturated carbocycles. The van der Waals surface area contributed by atoms with Crippen molar-refractivity contribution in [3.63, 3.8) is 0 Å². The minimum absolute atomic E-state index is 0.564. The first-order valence-corrected chi connectivity index (χ1v) is 6.63. The lowest BCUT2D eigenvalue weighted by Crippen LogP contribution is -2.28. The zero-order valence-corrected chi connectivity index (χ0v) is 11.2. The van der Waals surface area contributed by atoms with E-state index in [0.29, 0.717) is 19.1 Å². The monoisotopic (exact) mass is 254 g/mol. The zero-order valence-electron chi connectivity index (χ0n) is 10.5. The normalized spacial score (nSPS) is 18.5. The molecule has 0 unspecified atom stereocenters. The Morgan fingerprint density at radius 1 is 1.24 bits per heavy atom. The van der Waals surface area contributed by atoms with Crippen molar-refractivity contribution in [2.75, 3.05) is 19.1 Å². The van der Waals surface area contributed by atoms with Gasteiger partial charge in [-0.15, -0.1) is 11.6 Å². The lowest BCUT2D eigenvalue weighted by Gasteiger charge is -2.29. The second kappa shape index (κ2) is 5.38. The average molecular weight is 255 g/mol. The van der Waals surface area contributed by atoms with Crippen LogP contribution in [0.1, 0.15) is 29.5 Å². The van der Waals surface area contributed by atoms with Gasteiger partial charge in [0.05, 0.1) is 13.2 Å². The SMILES string of the molecule is Cc1ccc(C)c(C2(CCCCl)OCCO2)c1. The number of hydrogen-bond donors (Lipinski definition) is 0. The predicted octanol–water partition coefficient (Wildman–Crippen LogP) is 3.52. The smallest absolute Gasteiger partial charge is 0.195 e. The van der Waals surface area contributed by atoms with Crippen LogP contribution in [0.2, 0.25) is 0 Å². The third kappa shape index (κ3) is 2.65. The van der Waals surface area contributed by atoms with E-state index in [9.17, 15) is 0 Å². The fraction of sp³-hybridized carbons (Fsp3) is 0.571. The van der Waals surface area contributed by atoms with Gasteiger partial charge in [-0.2, -0.15) is 0 Å². The molecule has 2 rings (SSSR count). The molecule has 0 spiro atoms. The van der Waals surface area contributed by atoms with Crippen molar-refractivity contribution in [1.82, 2.24) is 0 Å². The maximum atomic E-state index is 5.88. The lowest BCUT2D eigenvalue weighted by atomic mass is 9.94. The first kappa shape index (κ1) is 12.9. The molecule has 17 heavy (non-hydrogen) atoms. The van der Waals surface area contributed by atoms with Gasteiger partial charge in [0.1, 0.15) is 0 Å². The minimum Gasteiger partial charge on any atom is -0.343 e. The average Bonchev–Trinajstić information content (AvgIpc) is 2.79. The quantitative estimate of drug-likeness (QED) is 0.766. The van der Waals surface area contributed by atoms with Gasteiger partial charge in [0.25, 0.3) is 0 Å². The van der Waals surface area contributed by atoms with Crippen LogP contribution in [0.25, 0.3) is 0 Å². The molecule has 0 N–H and O–H groups in total. The summed E-state index contributed by atoms with van der Waals surface area (Å²) in [5, 5.41) is 0. The molecule has 1 heterocycles. The highest BCUT2D eigenvalue weighted by atomic mass is 35.5. The lowest BCUT2D eigenvalue weighted by molar-refractivity contribution is -0.171. The van der Waals surface area contributed by atoms with E-state index >= 15 is 0 Å². The number of benzene rings is 1. The van der Waals surface area contributed by atoms with Crippen molar-refractivity contribution in [1.29, 1.82) is 0 Å². The Hall–Kier alpha value is -0.570. The molecule has 0 aromatic heterocycles. The third-order valence-electron chi connectivity index (χ3n) is 3.20. The fourth-order valence-corrected chi connectivity index (χ4v) is 2.47. The summed E-state index contributed by atoms with van der Waals surface area (Å²) >= 11 is 5.79. The molecule has 0 aliphatic carbocycles. The van der Waals surface area contributed by atoms with Crippen LogP contribution >= 0.6 is 11.6 Å². The van der Waals surface area contributed by atoms with E-state index in [0.717, 1.165) is 18.4 Å². The van der Waals surface area contributed by atoms with Gasteiger partial charge in [-0.05, 0) is 25.8 Å². The maximum absolute atomic E-state index is 5.88. The van der Waals surface area contributed by atoms with Crippen LogP contribution in [-0.4, -0.2) is 19.1 Å². The van der Waals surface area contributed by atoms with E-state index in [4.69, 9.17) is 21.1 Å². The molecule has 94 valence electrons. The number of aryl methyl sites for hydroxylation is 2. The molecule has 0 radical (unpaired) electrons. The summed E-state index contributed by atoms with van der Waals surface area (Å²) in [6, 6.07) is 6.40. The van der Waals surface area contributed by atoms with Crippen molar-refractivity contribution in [2.45, 2.75) is 32.5 Å². The summed E-state index contributed by atoms with van der Waals surface area (Å²) in [6.07, 6.45) is 1.72. The van der Waals surface area contributed by atoms with Gasteiger partial charge in [-0.25, -0.2) is 0 Å². The highest BCUT2D eigenvalue weighted by Gasteiger charge is 2.38. The molecular weight excluding hydrogens is 236 g/mol. The Balaban J connectivity index is 2.34. The second-order valence-corrected chi connectivity index (χ2v) is 4.94. The van der Waals surface area contributed by atoms with Crippen LogP contribution in [0.5, 0.6) is 0 Å². The highest BCUT2D eigenvalue weighted by Crippen LogP contribution is 2.38. The van der Waals surface area contributed by atoms with Crippen LogP contribution in [0.15, 0.2) is 18.2 Å². The zero-order chi connectivity index (χ0) is 12.3. The molecule has 0 amide bonds. The molecule has 0 atom stereocenters. The molecule has 1 aromatic rings. The summed E-state index contributed by atoms with van der Waals surface area (Å²) < 4.78 is 11.8. The predicted molar refractivity (Wildman–Crippen MR) is 69.5 cm³/mol. The van der Waals surface area contributed by atoms with E-state index in [1.807, 2.05) is 0 Å². The van der Waals surface area contributed by atoms with Crippen molar-refractivity contribution in [2.24, 2.45) is 0 Å². The first-order chi connectivity index (χ1) is 8.18.